The Labute approximate surface area is 124 Å². The van der Waals surface area contributed by atoms with Crippen LogP contribution in [0.2, 0.25) is 0 Å². The van der Waals surface area contributed by atoms with Crippen molar-refractivity contribution < 1.29 is 18.7 Å². The molecule has 0 unspecified atom stereocenters. The molecular formula is C15H21NO4P+. The second kappa shape index (κ2) is 5.25. The van der Waals surface area contributed by atoms with Gasteiger partial charge in [-0.25, -0.2) is 4.48 Å². The second-order valence-electron chi connectivity index (χ2n) is 5.53. The minimum atomic E-state index is -3.50. The van der Waals surface area contributed by atoms with Gasteiger partial charge in [0.25, 0.3) is 0 Å². The second-order valence-corrected chi connectivity index (χ2v) is 7.70. The van der Waals surface area contributed by atoms with E-state index in [-0.39, 0.29) is 5.88 Å². The molecular weight excluding hydrogens is 289 g/mol. The van der Waals surface area contributed by atoms with E-state index in [9.17, 15) is 9.67 Å². The molecule has 0 atom stereocenters. The Hall–Kier alpha value is -1.13. The fourth-order valence-electron chi connectivity index (χ4n) is 3.52. The zero-order chi connectivity index (χ0) is 15.1. The molecule has 2 aliphatic rings. The molecule has 1 aromatic carbocycles. The molecule has 2 heterocycles. The van der Waals surface area contributed by atoms with Crippen LogP contribution in [0.15, 0.2) is 30.1 Å². The normalized spacial score (nSPS) is 20.9. The van der Waals surface area contributed by atoms with Crippen LogP contribution in [0.5, 0.6) is 0 Å². The highest BCUT2D eigenvalue weighted by Gasteiger charge is 2.53. The van der Waals surface area contributed by atoms with Crippen LogP contribution in [-0.2, 0) is 13.6 Å². The van der Waals surface area contributed by atoms with E-state index in [1.54, 1.807) is 0 Å². The van der Waals surface area contributed by atoms with E-state index in [0.717, 1.165) is 43.6 Å². The molecule has 0 saturated carbocycles. The zero-order valence-corrected chi connectivity index (χ0v) is 13.3. The van der Waals surface area contributed by atoms with Gasteiger partial charge < -0.3 is 14.2 Å². The summed E-state index contributed by atoms with van der Waals surface area (Å²) in [5.74, 6) is 0.128. The third-order valence-corrected chi connectivity index (χ3v) is 6.52. The van der Waals surface area contributed by atoms with E-state index >= 15 is 0 Å². The van der Waals surface area contributed by atoms with Gasteiger partial charge in [-0.3, -0.25) is 4.57 Å². The van der Waals surface area contributed by atoms with E-state index in [4.69, 9.17) is 9.05 Å². The highest BCUT2D eigenvalue weighted by Crippen LogP contribution is 2.66. The number of hydrogen-bond donors (Lipinski definition) is 1. The number of fused-ring (bicyclic) bond motifs is 2. The summed E-state index contributed by atoms with van der Waals surface area (Å²) in [4.78, 5) is 0. The Morgan fingerprint density at radius 3 is 2.33 bits per heavy atom. The molecule has 21 heavy (non-hydrogen) atoms. The van der Waals surface area contributed by atoms with Gasteiger partial charge >= 0.3 is 13.5 Å². The van der Waals surface area contributed by atoms with Crippen LogP contribution in [0, 0.1) is 0 Å². The molecule has 3 rings (SSSR count). The predicted molar refractivity (Wildman–Crippen MR) is 83.0 cm³/mol. The summed E-state index contributed by atoms with van der Waals surface area (Å²) in [7, 11) is -0.789. The summed E-state index contributed by atoms with van der Waals surface area (Å²) in [6.45, 7) is 1.64. The van der Waals surface area contributed by atoms with E-state index < -0.39 is 7.60 Å². The van der Waals surface area contributed by atoms with Crippen molar-refractivity contribution in [3.8, 4) is 0 Å². The lowest BCUT2D eigenvalue weighted by molar-refractivity contribution is 0.184. The predicted octanol–water partition coefficient (Wildman–Crippen LogP) is 3.86. The van der Waals surface area contributed by atoms with Gasteiger partial charge in [0.1, 0.15) is 5.69 Å². The topological polar surface area (TPSA) is 55.8 Å². The molecule has 1 aromatic rings. The fraction of sp³-hybridized carbons (Fsp3) is 0.467. The Kier molecular flexibility index (Phi) is 3.70. The Bertz CT molecular complexity index is 626. The minimum absolute atomic E-state index is 0.128. The van der Waals surface area contributed by atoms with E-state index in [1.165, 1.54) is 14.2 Å². The monoisotopic (exact) mass is 310 g/mol. The molecule has 0 aromatic heterocycles. The number of aliphatic hydroxyl groups excluding tert-OH is 1. The first kappa shape index (κ1) is 14.8. The highest BCUT2D eigenvalue weighted by atomic mass is 31.2. The molecule has 0 bridgehead atoms. The molecule has 2 aliphatic heterocycles. The average molecular weight is 310 g/mol. The van der Waals surface area contributed by atoms with Crippen molar-refractivity contribution in [3.05, 3.63) is 35.7 Å². The van der Waals surface area contributed by atoms with Crippen molar-refractivity contribution >= 4 is 18.6 Å². The van der Waals surface area contributed by atoms with Crippen molar-refractivity contribution in [3.63, 3.8) is 0 Å². The van der Waals surface area contributed by atoms with Crippen LogP contribution >= 0.6 is 7.60 Å². The Morgan fingerprint density at radius 2 is 1.71 bits per heavy atom. The van der Waals surface area contributed by atoms with Crippen molar-refractivity contribution in [2.24, 2.45) is 0 Å². The summed E-state index contributed by atoms with van der Waals surface area (Å²) in [6.07, 6.45) is 3.24. The molecule has 1 fully saturated rings. The van der Waals surface area contributed by atoms with Gasteiger partial charge in [-0.2, -0.15) is 0 Å². The first-order chi connectivity index (χ1) is 10.1. The molecule has 6 heteroatoms. The van der Waals surface area contributed by atoms with Gasteiger partial charge in [-0.1, -0.05) is 12.1 Å². The SMILES string of the molecule is COP(=O)(OC)C1=C(O)[N+]2(CCCCC2)c2ccccc21. The Balaban J connectivity index is 2.25. The number of piperidine rings is 1. The molecule has 0 amide bonds. The van der Waals surface area contributed by atoms with Crippen LogP contribution in [0.3, 0.4) is 0 Å². The van der Waals surface area contributed by atoms with Crippen LogP contribution in [0.25, 0.3) is 5.31 Å². The first-order valence-corrected chi connectivity index (χ1v) is 8.76. The summed E-state index contributed by atoms with van der Waals surface area (Å²) < 4.78 is 23.5. The maximum Gasteiger partial charge on any atom is 0.371 e. The number of para-hydroxylation sites is 1. The zero-order valence-electron chi connectivity index (χ0n) is 12.4. The van der Waals surface area contributed by atoms with Crippen LogP contribution < -0.4 is 4.48 Å². The quantitative estimate of drug-likeness (QED) is 0.680. The number of rotatable bonds is 3. The number of aliphatic hydroxyl groups is 1. The summed E-state index contributed by atoms with van der Waals surface area (Å²) in [5.41, 5.74) is 1.78. The van der Waals surface area contributed by atoms with Gasteiger partial charge in [-0.15, -0.1) is 0 Å². The minimum Gasteiger partial charge on any atom is -0.466 e. The smallest absolute Gasteiger partial charge is 0.371 e. The van der Waals surface area contributed by atoms with E-state index in [1.807, 2.05) is 24.3 Å². The molecule has 114 valence electrons. The lowest BCUT2D eigenvalue weighted by Gasteiger charge is -2.36. The van der Waals surface area contributed by atoms with Crippen molar-refractivity contribution in [1.29, 1.82) is 0 Å². The molecule has 1 saturated heterocycles. The lowest BCUT2D eigenvalue weighted by atomic mass is 10.1. The summed E-state index contributed by atoms with van der Waals surface area (Å²) in [5, 5.41) is 11.2. The van der Waals surface area contributed by atoms with Crippen molar-refractivity contribution in [2.75, 3.05) is 27.3 Å². The Morgan fingerprint density at radius 1 is 1.10 bits per heavy atom. The summed E-state index contributed by atoms with van der Waals surface area (Å²) >= 11 is 0. The third-order valence-electron chi connectivity index (χ3n) is 4.57. The molecule has 1 N–H and O–H groups in total. The van der Waals surface area contributed by atoms with Gasteiger partial charge in [0, 0.05) is 20.3 Å². The van der Waals surface area contributed by atoms with E-state index in [0.29, 0.717) is 9.80 Å². The van der Waals surface area contributed by atoms with Crippen LogP contribution in [0.1, 0.15) is 24.8 Å². The van der Waals surface area contributed by atoms with Gasteiger partial charge in [-0.05, 0) is 25.3 Å². The number of benzene rings is 1. The highest BCUT2D eigenvalue weighted by molar-refractivity contribution is 7.65. The molecule has 0 radical (unpaired) electrons. The van der Waals surface area contributed by atoms with Crippen molar-refractivity contribution in [2.45, 2.75) is 19.3 Å². The first-order valence-electron chi connectivity index (χ1n) is 7.22. The standard InChI is InChI=1S/C15H20NO4P/c1-19-21(18,20-2)14-12-8-4-5-9-13(12)16(15(14)17)10-6-3-7-11-16/h4-5,8-9H,3,6-7,10-11H2,1-2H3/p+1. The molecule has 0 aliphatic carbocycles. The summed E-state index contributed by atoms with van der Waals surface area (Å²) in [6, 6.07) is 7.72. The third kappa shape index (κ3) is 2.00. The number of hydrogen-bond acceptors (Lipinski definition) is 4. The van der Waals surface area contributed by atoms with Crippen LogP contribution in [0.4, 0.5) is 5.69 Å². The maximum absolute atomic E-state index is 12.9. The fourth-order valence-corrected chi connectivity index (χ4v) is 4.95. The number of nitrogens with zero attached hydrogens (tertiary/aromatic N) is 1. The van der Waals surface area contributed by atoms with Gasteiger partial charge in [0.05, 0.1) is 18.7 Å². The van der Waals surface area contributed by atoms with Crippen LogP contribution in [-0.4, -0.2) is 32.4 Å². The van der Waals surface area contributed by atoms with E-state index in [2.05, 4.69) is 0 Å². The number of quaternary nitrogens is 1. The van der Waals surface area contributed by atoms with Gasteiger partial charge in [0.2, 0.25) is 0 Å². The molecule has 5 nitrogen and oxygen atoms in total. The maximum atomic E-state index is 12.9. The van der Waals surface area contributed by atoms with Gasteiger partial charge in [0.15, 0.2) is 5.31 Å². The van der Waals surface area contributed by atoms with Crippen molar-refractivity contribution in [1.82, 2.24) is 4.48 Å². The average Bonchev–Trinajstić information content (AvgIpc) is 2.78. The largest absolute Gasteiger partial charge is 0.466 e. The molecule has 1 spiro atoms. The lowest BCUT2D eigenvalue weighted by Crippen LogP contribution is -2.50.